The van der Waals surface area contributed by atoms with Crippen LogP contribution in [0.4, 0.5) is 0 Å². The summed E-state index contributed by atoms with van der Waals surface area (Å²) < 4.78 is 3.75. The van der Waals surface area contributed by atoms with Crippen LogP contribution in [-0.4, -0.2) is 31.1 Å². The average molecular weight is 234 g/mol. The number of likely N-dealkylation sites (N-methyl/N-ethyl adjacent to an activating group) is 1. The summed E-state index contributed by atoms with van der Waals surface area (Å²) in [6.45, 7) is 2.99. The third-order valence-corrected chi connectivity index (χ3v) is 2.68. The Bertz CT molecular complexity index is 472. The van der Waals surface area contributed by atoms with Gasteiger partial charge in [-0.1, -0.05) is 12.1 Å². The van der Waals surface area contributed by atoms with Crippen molar-refractivity contribution >= 4 is 0 Å². The van der Waals surface area contributed by atoms with E-state index in [4.69, 9.17) is 0 Å². The molecular weight excluding hydrogens is 216 g/mol. The number of aryl methyl sites for hydroxylation is 2. The van der Waals surface area contributed by atoms with E-state index < -0.39 is 0 Å². The largest absolute Gasteiger partial charge is 0.337 e. The summed E-state index contributed by atoms with van der Waals surface area (Å²) in [5.74, 6) is 1.03. The van der Waals surface area contributed by atoms with Gasteiger partial charge in [0.15, 0.2) is 0 Å². The second-order valence-corrected chi connectivity index (χ2v) is 4.09. The predicted octanol–water partition coefficient (Wildman–Crippen LogP) is 0.442. The Morgan fingerprint density at radius 3 is 2.76 bits per heavy atom. The number of hydrogen-bond donors (Lipinski definition) is 1. The highest BCUT2D eigenvalue weighted by Crippen LogP contribution is 2.14. The van der Waals surface area contributed by atoms with Crippen molar-refractivity contribution in [3.63, 3.8) is 0 Å². The second-order valence-electron chi connectivity index (χ2n) is 4.09. The van der Waals surface area contributed by atoms with Crippen LogP contribution < -0.4 is 5.32 Å². The molecule has 2 aromatic heterocycles. The molecule has 0 radical (unpaired) electrons. The van der Waals surface area contributed by atoms with Gasteiger partial charge >= 0.3 is 0 Å². The van der Waals surface area contributed by atoms with Gasteiger partial charge in [0.1, 0.15) is 5.82 Å². The lowest BCUT2D eigenvalue weighted by Gasteiger charge is -2.16. The highest BCUT2D eigenvalue weighted by molar-refractivity contribution is 5.05. The van der Waals surface area contributed by atoms with Crippen LogP contribution in [0.1, 0.15) is 24.5 Å². The van der Waals surface area contributed by atoms with E-state index in [2.05, 4.69) is 27.5 Å². The number of nitrogens with zero attached hydrogens (tertiary/aromatic N) is 5. The first-order chi connectivity index (χ1) is 8.20. The Morgan fingerprint density at radius 1 is 1.41 bits per heavy atom. The molecule has 1 atom stereocenters. The molecule has 2 heterocycles. The zero-order valence-corrected chi connectivity index (χ0v) is 10.5. The van der Waals surface area contributed by atoms with Gasteiger partial charge in [0.25, 0.3) is 0 Å². The lowest BCUT2D eigenvalue weighted by Crippen LogP contribution is -2.25. The van der Waals surface area contributed by atoms with E-state index in [1.807, 2.05) is 37.3 Å². The van der Waals surface area contributed by atoms with Crippen molar-refractivity contribution in [2.75, 3.05) is 6.54 Å². The molecule has 0 aliphatic rings. The Hall–Kier alpha value is -1.69. The van der Waals surface area contributed by atoms with Gasteiger partial charge in [0.05, 0.1) is 11.7 Å². The summed E-state index contributed by atoms with van der Waals surface area (Å²) in [5.41, 5.74) is 0.974. The van der Waals surface area contributed by atoms with Crippen molar-refractivity contribution < 1.29 is 0 Å². The Morgan fingerprint density at radius 2 is 2.24 bits per heavy atom. The number of imidazole rings is 1. The van der Waals surface area contributed by atoms with E-state index in [1.165, 1.54) is 0 Å². The first kappa shape index (κ1) is 11.8. The summed E-state index contributed by atoms with van der Waals surface area (Å²) >= 11 is 0. The Kier molecular flexibility index (Phi) is 3.53. The van der Waals surface area contributed by atoms with Crippen molar-refractivity contribution in [3.8, 4) is 0 Å². The summed E-state index contributed by atoms with van der Waals surface area (Å²) in [6.07, 6.45) is 6.51. The Labute approximate surface area is 101 Å². The molecule has 2 rings (SSSR count). The van der Waals surface area contributed by atoms with Crippen LogP contribution >= 0.6 is 0 Å². The summed E-state index contributed by atoms with van der Waals surface area (Å²) in [5, 5.41) is 11.5. The molecule has 0 saturated heterocycles. The summed E-state index contributed by atoms with van der Waals surface area (Å²) in [4.78, 5) is 4.38. The highest BCUT2D eigenvalue weighted by Gasteiger charge is 2.16. The smallest absolute Gasteiger partial charge is 0.125 e. The van der Waals surface area contributed by atoms with Crippen molar-refractivity contribution in [2.45, 2.75) is 19.4 Å². The van der Waals surface area contributed by atoms with Gasteiger partial charge < -0.3 is 9.88 Å². The van der Waals surface area contributed by atoms with Gasteiger partial charge in [-0.2, -0.15) is 0 Å². The number of hydrogen-bond acceptors (Lipinski definition) is 4. The topological polar surface area (TPSA) is 60.6 Å². The molecule has 0 saturated carbocycles. The molecule has 1 unspecified atom stereocenters. The minimum absolute atomic E-state index is 0.177. The Balaban J connectivity index is 2.15. The molecule has 0 aromatic carbocycles. The van der Waals surface area contributed by atoms with Crippen LogP contribution in [0.15, 0.2) is 18.6 Å². The standard InChI is InChI=1S/C11H18N6/c1-4-12-10(11-13-5-6-16(11)2)7-9-8-17(3)15-14-9/h5-6,8,10,12H,4,7H2,1-3H3. The van der Waals surface area contributed by atoms with E-state index in [0.29, 0.717) is 0 Å². The maximum atomic E-state index is 4.38. The van der Waals surface area contributed by atoms with Crippen LogP contribution in [0.2, 0.25) is 0 Å². The van der Waals surface area contributed by atoms with Gasteiger partial charge in [0, 0.05) is 39.1 Å². The summed E-state index contributed by atoms with van der Waals surface area (Å²) in [6, 6.07) is 0.177. The normalized spacial score (nSPS) is 12.9. The van der Waals surface area contributed by atoms with Gasteiger partial charge in [-0.25, -0.2) is 4.98 Å². The fourth-order valence-electron chi connectivity index (χ4n) is 1.91. The van der Waals surface area contributed by atoms with Crippen LogP contribution in [-0.2, 0) is 20.5 Å². The lowest BCUT2D eigenvalue weighted by molar-refractivity contribution is 0.501. The zero-order chi connectivity index (χ0) is 12.3. The van der Waals surface area contributed by atoms with E-state index >= 15 is 0 Å². The molecule has 2 aromatic rings. The third-order valence-electron chi connectivity index (χ3n) is 2.68. The molecular formula is C11H18N6. The lowest BCUT2D eigenvalue weighted by atomic mass is 10.1. The fraction of sp³-hybridized carbons (Fsp3) is 0.545. The third kappa shape index (κ3) is 2.71. The van der Waals surface area contributed by atoms with Crippen LogP contribution in [0.5, 0.6) is 0 Å². The first-order valence-electron chi connectivity index (χ1n) is 5.76. The number of nitrogens with one attached hydrogen (secondary N) is 1. The predicted molar refractivity (Wildman–Crippen MR) is 64.3 cm³/mol. The van der Waals surface area contributed by atoms with E-state index in [-0.39, 0.29) is 6.04 Å². The molecule has 92 valence electrons. The van der Waals surface area contributed by atoms with Crippen molar-refractivity contribution in [1.82, 2.24) is 29.9 Å². The van der Waals surface area contributed by atoms with Gasteiger partial charge in [-0.05, 0) is 6.54 Å². The highest BCUT2D eigenvalue weighted by atomic mass is 15.4. The average Bonchev–Trinajstić information content (AvgIpc) is 2.87. The first-order valence-corrected chi connectivity index (χ1v) is 5.76. The van der Waals surface area contributed by atoms with Crippen molar-refractivity contribution in [2.24, 2.45) is 14.1 Å². The molecule has 0 aliphatic heterocycles. The van der Waals surface area contributed by atoms with E-state index in [9.17, 15) is 0 Å². The maximum absolute atomic E-state index is 4.38. The van der Waals surface area contributed by atoms with Crippen LogP contribution in [0.25, 0.3) is 0 Å². The van der Waals surface area contributed by atoms with Gasteiger partial charge in [0.2, 0.25) is 0 Å². The van der Waals surface area contributed by atoms with Crippen molar-refractivity contribution in [3.05, 3.63) is 30.1 Å². The molecule has 0 aliphatic carbocycles. The molecule has 0 amide bonds. The van der Waals surface area contributed by atoms with Gasteiger partial charge in [-0.3, -0.25) is 4.68 Å². The van der Waals surface area contributed by atoms with Crippen molar-refractivity contribution in [1.29, 1.82) is 0 Å². The number of aromatic nitrogens is 5. The maximum Gasteiger partial charge on any atom is 0.125 e. The molecule has 17 heavy (non-hydrogen) atoms. The molecule has 0 fully saturated rings. The van der Waals surface area contributed by atoms with Crippen LogP contribution in [0.3, 0.4) is 0 Å². The fourth-order valence-corrected chi connectivity index (χ4v) is 1.91. The van der Waals surface area contributed by atoms with E-state index in [1.54, 1.807) is 4.68 Å². The molecule has 6 heteroatoms. The van der Waals surface area contributed by atoms with Gasteiger partial charge in [-0.15, -0.1) is 5.10 Å². The minimum Gasteiger partial charge on any atom is -0.337 e. The summed E-state index contributed by atoms with van der Waals surface area (Å²) in [7, 11) is 3.88. The monoisotopic (exact) mass is 234 g/mol. The minimum atomic E-state index is 0.177. The molecule has 0 bridgehead atoms. The quantitative estimate of drug-likeness (QED) is 0.815. The SMILES string of the molecule is CCNC(Cc1cn(C)nn1)c1nccn1C. The molecule has 0 spiro atoms. The molecule has 6 nitrogen and oxygen atoms in total. The van der Waals surface area contributed by atoms with E-state index in [0.717, 1.165) is 24.5 Å². The number of rotatable bonds is 5. The zero-order valence-electron chi connectivity index (χ0n) is 10.5. The van der Waals surface area contributed by atoms with Crippen LogP contribution in [0, 0.1) is 0 Å². The molecule has 1 N–H and O–H groups in total. The second kappa shape index (κ2) is 5.09.